The average Bonchev–Trinajstić information content (AvgIpc) is 2.87. The molecule has 0 bridgehead atoms. The molecule has 0 fully saturated rings. The molecular weight excluding hydrogens is 326 g/mol. The van der Waals surface area contributed by atoms with Crippen molar-refractivity contribution in [1.29, 1.82) is 0 Å². The third kappa shape index (κ3) is 8.70. The Bertz CT molecular complexity index is 525. The summed E-state index contributed by atoms with van der Waals surface area (Å²) < 4.78 is 7.63. The molecule has 2 N–H and O–H groups in total. The van der Waals surface area contributed by atoms with E-state index in [0.717, 1.165) is 44.4 Å². The van der Waals surface area contributed by atoms with Crippen LogP contribution in [0.15, 0.2) is 4.99 Å². The van der Waals surface area contributed by atoms with Crippen molar-refractivity contribution in [2.24, 2.45) is 12.0 Å². The number of rotatable bonds is 13. The first-order chi connectivity index (χ1) is 12.6. The number of aliphatic imine (C=N–C) groups is 1. The Labute approximate surface area is 159 Å². The molecule has 0 aliphatic rings. The van der Waals surface area contributed by atoms with Crippen LogP contribution in [0, 0.1) is 13.8 Å². The first-order valence-electron chi connectivity index (χ1n) is 10.1. The lowest BCUT2D eigenvalue weighted by Crippen LogP contribution is -2.37. The number of nitrogens with one attached hydrogen (secondary N) is 2. The van der Waals surface area contributed by atoms with Gasteiger partial charge in [-0.05, 0) is 26.7 Å². The Kier molecular flexibility index (Phi) is 11.8. The van der Waals surface area contributed by atoms with Crippen LogP contribution in [0.2, 0.25) is 0 Å². The molecule has 0 unspecified atom stereocenters. The minimum Gasteiger partial charge on any atom is -0.381 e. The Morgan fingerprint density at radius 2 is 1.73 bits per heavy atom. The van der Waals surface area contributed by atoms with Gasteiger partial charge in [-0.2, -0.15) is 5.10 Å². The van der Waals surface area contributed by atoms with Crippen LogP contribution in [0.5, 0.6) is 0 Å². The van der Waals surface area contributed by atoms with Crippen LogP contribution >= 0.6 is 0 Å². The van der Waals surface area contributed by atoms with Gasteiger partial charge in [0.2, 0.25) is 0 Å². The average molecular weight is 366 g/mol. The van der Waals surface area contributed by atoms with E-state index in [1.165, 1.54) is 49.8 Å². The Hall–Kier alpha value is -1.56. The fourth-order valence-electron chi connectivity index (χ4n) is 2.93. The zero-order valence-electron chi connectivity index (χ0n) is 17.5. The topological polar surface area (TPSA) is 63.5 Å². The van der Waals surface area contributed by atoms with E-state index >= 15 is 0 Å². The van der Waals surface area contributed by atoms with Crippen molar-refractivity contribution in [3.8, 4) is 0 Å². The van der Waals surface area contributed by atoms with Gasteiger partial charge in [0.15, 0.2) is 5.96 Å². The summed E-state index contributed by atoms with van der Waals surface area (Å²) in [6.45, 7) is 9.68. The molecule has 6 heteroatoms. The Morgan fingerprint density at radius 1 is 1.04 bits per heavy atom. The standard InChI is InChI=1S/C20H39N5O/c1-6-7-8-9-10-11-14-26-15-12-13-22-20(21-4)23-16-19-17(2)24-25(5)18(19)3/h6-16H2,1-5H3,(H2,21,22,23). The normalized spacial score (nSPS) is 11.8. The van der Waals surface area contributed by atoms with E-state index in [2.05, 4.69) is 34.6 Å². The molecular formula is C20H39N5O. The predicted molar refractivity (Wildman–Crippen MR) is 110 cm³/mol. The van der Waals surface area contributed by atoms with Crippen LogP contribution in [0.4, 0.5) is 0 Å². The SMILES string of the molecule is CCCCCCCCOCCCNC(=NC)NCc1c(C)nn(C)c1C. The van der Waals surface area contributed by atoms with Crippen LogP contribution < -0.4 is 10.6 Å². The van der Waals surface area contributed by atoms with E-state index in [1.807, 2.05) is 18.7 Å². The van der Waals surface area contributed by atoms with E-state index < -0.39 is 0 Å². The predicted octanol–water partition coefficient (Wildman–Crippen LogP) is 3.47. The highest BCUT2D eigenvalue weighted by molar-refractivity contribution is 5.79. The molecule has 1 heterocycles. The fourth-order valence-corrected chi connectivity index (χ4v) is 2.93. The smallest absolute Gasteiger partial charge is 0.191 e. The molecule has 0 amide bonds. The summed E-state index contributed by atoms with van der Waals surface area (Å²) in [5.41, 5.74) is 3.49. The maximum atomic E-state index is 5.71. The lowest BCUT2D eigenvalue weighted by molar-refractivity contribution is 0.128. The number of nitrogens with zero attached hydrogens (tertiary/aromatic N) is 3. The van der Waals surface area contributed by atoms with E-state index in [9.17, 15) is 0 Å². The van der Waals surface area contributed by atoms with E-state index in [1.54, 1.807) is 7.05 Å². The van der Waals surface area contributed by atoms with Crippen LogP contribution in [-0.2, 0) is 18.3 Å². The highest BCUT2D eigenvalue weighted by Gasteiger charge is 2.09. The highest BCUT2D eigenvalue weighted by Crippen LogP contribution is 2.11. The van der Waals surface area contributed by atoms with Gasteiger partial charge in [-0.1, -0.05) is 39.0 Å². The number of ether oxygens (including phenoxy) is 1. The molecule has 0 atom stereocenters. The van der Waals surface area contributed by atoms with Gasteiger partial charge >= 0.3 is 0 Å². The molecule has 0 aromatic carbocycles. The Balaban J connectivity index is 2.07. The van der Waals surface area contributed by atoms with Gasteiger partial charge in [-0.15, -0.1) is 0 Å². The molecule has 1 aromatic rings. The van der Waals surface area contributed by atoms with Gasteiger partial charge in [0.25, 0.3) is 0 Å². The molecule has 0 saturated heterocycles. The molecule has 1 aromatic heterocycles. The largest absolute Gasteiger partial charge is 0.381 e. The van der Waals surface area contributed by atoms with Gasteiger partial charge in [0, 0.05) is 51.7 Å². The van der Waals surface area contributed by atoms with E-state index in [-0.39, 0.29) is 0 Å². The van der Waals surface area contributed by atoms with Gasteiger partial charge in [-0.3, -0.25) is 9.67 Å². The Morgan fingerprint density at radius 3 is 2.38 bits per heavy atom. The van der Waals surface area contributed by atoms with E-state index in [4.69, 9.17) is 4.74 Å². The number of hydrogen-bond donors (Lipinski definition) is 2. The summed E-state index contributed by atoms with van der Waals surface area (Å²) in [5.74, 6) is 0.823. The number of hydrogen-bond acceptors (Lipinski definition) is 3. The molecule has 150 valence electrons. The quantitative estimate of drug-likeness (QED) is 0.319. The van der Waals surface area contributed by atoms with Crippen molar-refractivity contribution in [1.82, 2.24) is 20.4 Å². The summed E-state index contributed by atoms with van der Waals surface area (Å²) >= 11 is 0. The minimum absolute atomic E-state index is 0.736. The number of aryl methyl sites for hydroxylation is 2. The molecule has 6 nitrogen and oxygen atoms in total. The number of aromatic nitrogens is 2. The highest BCUT2D eigenvalue weighted by atomic mass is 16.5. The lowest BCUT2D eigenvalue weighted by Gasteiger charge is -2.12. The summed E-state index contributed by atoms with van der Waals surface area (Å²) in [4.78, 5) is 4.28. The zero-order chi connectivity index (χ0) is 19.2. The minimum atomic E-state index is 0.736. The fraction of sp³-hybridized carbons (Fsp3) is 0.800. The second-order valence-electron chi connectivity index (χ2n) is 6.86. The zero-order valence-corrected chi connectivity index (χ0v) is 17.5. The van der Waals surface area contributed by atoms with Gasteiger partial charge in [0.05, 0.1) is 5.69 Å². The maximum absolute atomic E-state index is 5.71. The van der Waals surface area contributed by atoms with Crippen LogP contribution in [0.25, 0.3) is 0 Å². The molecule has 26 heavy (non-hydrogen) atoms. The maximum Gasteiger partial charge on any atom is 0.191 e. The molecule has 1 rings (SSSR count). The van der Waals surface area contributed by atoms with E-state index in [0.29, 0.717) is 0 Å². The first-order valence-corrected chi connectivity index (χ1v) is 10.1. The molecule has 0 saturated carbocycles. The lowest BCUT2D eigenvalue weighted by atomic mass is 10.1. The third-order valence-corrected chi connectivity index (χ3v) is 4.72. The number of unbranched alkanes of at least 4 members (excludes halogenated alkanes) is 5. The summed E-state index contributed by atoms with van der Waals surface area (Å²) in [7, 11) is 3.78. The second kappa shape index (κ2) is 13.6. The van der Waals surface area contributed by atoms with Crippen molar-refractivity contribution in [3.05, 3.63) is 17.0 Å². The van der Waals surface area contributed by atoms with Crippen molar-refractivity contribution in [3.63, 3.8) is 0 Å². The monoisotopic (exact) mass is 365 g/mol. The first kappa shape index (κ1) is 22.5. The summed E-state index contributed by atoms with van der Waals surface area (Å²) in [6.07, 6.45) is 8.85. The molecule has 0 aliphatic carbocycles. The molecule has 0 radical (unpaired) electrons. The third-order valence-electron chi connectivity index (χ3n) is 4.72. The van der Waals surface area contributed by atoms with Gasteiger partial charge in [0.1, 0.15) is 0 Å². The van der Waals surface area contributed by atoms with Crippen LogP contribution in [0.1, 0.15) is 68.8 Å². The number of guanidine groups is 1. The summed E-state index contributed by atoms with van der Waals surface area (Å²) in [6, 6.07) is 0. The van der Waals surface area contributed by atoms with Gasteiger partial charge < -0.3 is 15.4 Å². The molecule has 0 spiro atoms. The van der Waals surface area contributed by atoms with Crippen molar-refractivity contribution in [2.45, 2.75) is 72.3 Å². The van der Waals surface area contributed by atoms with Crippen molar-refractivity contribution in [2.75, 3.05) is 26.8 Å². The van der Waals surface area contributed by atoms with Crippen molar-refractivity contribution < 1.29 is 4.74 Å². The van der Waals surface area contributed by atoms with Crippen LogP contribution in [-0.4, -0.2) is 42.5 Å². The van der Waals surface area contributed by atoms with Gasteiger partial charge in [-0.25, -0.2) is 0 Å². The van der Waals surface area contributed by atoms with Crippen LogP contribution in [0.3, 0.4) is 0 Å². The second-order valence-corrected chi connectivity index (χ2v) is 6.86. The summed E-state index contributed by atoms with van der Waals surface area (Å²) in [5, 5.41) is 11.1. The molecule has 0 aliphatic heterocycles. The van der Waals surface area contributed by atoms with Crippen molar-refractivity contribution >= 4 is 5.96 Å².